The maximum absolute atomic E-state index is 11.9. The Morgan fingerprint density at radius 3 is 2.77 bits per heavy atom. The molecule has 8 nitrogen and oxygen atoms in total. The van der Waals surface area contributed by atoms with Gasteiger partial charge in [0.1, 0.15) is 18.7 Å². The van der Waals surface area contributed by atoms with Gasteiger partial charge in [0.25, 0.3) is 0 Å². The molecule has 3 rings (SSSR count). The number of nitrogens with zero attached hydrogens (tertiary/aromatic N) is 6. The molecule has 0 saturated heterocycles. The van der Waals surface area contributed by atoms with Crippen LogP contribution in [0.4, 0.5) is 5.82 Å². The van der Waals surface area contributed by atoms with Gasteiger partial charge < -0.3 is 5.32 Å². The van der Waals surface area contributed by atoms with E-state index in [1.54, 1.807) is 16.9 Å². The quantitative estimate of drug-likeness (QED) is 0.764. The Bertz CT molecular complexity index is 751. The summed E-state index contributed by atoms with van der Waals surface area (Å²) < 4.78 is 3.04. The predicted molar refractivity (Wildman–Crippen MR) is 79.2 cm³/mol. The molecule has 0 fully saturated rings. The molecule has 0 aliphatic carbocycles. The van der Waals surface area contributed by atoms with Crippen LogP contribution in [-0.2, 0) is 17.9 Å². The second-order valence-corrected chi connectivity index (χ2v) is 4.99. The number of hydrogen-bond donors (Lipinski definition) is 1. The molecule has 9 heteroatoms. The summed E-state index contributed by atoms with van der Waals surface area (Å²) in [7, 11) is 0. The Kier molecular flexibility index (Phi) is 4.10. The van der Waals surface area contributed by atoms with E-state index >= 15 is 0 Å². The second-order valence-electron chi connectivity index (χ2n) is 4.56. The minimum Gasteiger partial charge on any atom is -0.309 e. The van der Waals surface area contributed by atoms with Crippen LogP contribution in [0.3, 0.4) is 0 Å². The molecule has 0 unspecified atom stereocenters. The molecule has 112 valence electrons. The summed E-state index contributed by atoms with van der Waals surface area (Å²) in [6.45, 7) is 0.573. The van der Waals surface area contributed by atoms with E-state index < -0.39 is 0 Å². The van der Waals surface area contributed by atoms with Crippen molar-refractivity contribution in [3.63, 3.8) is 0 Å². The van der Waals surface area contributed by atoms with Crippen LogP contribution in [0, 0.1) is 0 Å². The van der Waals surface area contributed by atoms with Crippen LogP contribution in [0.15, 0.2) is 42.9 Å². The summed E-state index contributed by atoms with van der Waals surface area (Å²) in [4.78, 5) is 11.9. The fourth-order valence-corrected chi connectivity index (χ4v) is 2.04. The van der Waals surface area contributed by atoms with Crippen molar-refractivity contribution in [1.29, 1.82) is 0 Å². The molecule has 0 spiro atoms. The molecule has 0 atom stereocenters. The zero-order valence-corrected chi connectivity index (χ0v) is 12.2. The van der Waals surface area contributed by atoms with E-state index in [1.807, 2.05) is 24.3 Å². The third-order valence-electron chi connectivity index (χ3n) is 2.93. The zero-order chi connectivity index (χ0) is 15.4. The minimum atomic E-state index is -0.231. The SMILES string of the molecule is O=C(Cn1cnnn1)Nc1ccnn1Cc1ccc(Cl)cc1. The number of nitrogens with one attached hydrogen (secondary N) is 1. The molecule has 22 heavy (non-hydrogen) atoms. The summed E-state index contributed by atoms with van der Waals surface area (Å²) in [6.07, 6.45) is 3.01. The maximum atomic E-state index is 11.9. The van der Waals surface area contributed by atoms with Crippen molar-refractivity contribution in [3.8, 4) is 0 Å². The highest BCUT2D eigenvalue weighted by Gasteiger charge is 2.09. The van der Waals surface area contributed by atoms with E-state index in [9.17, 15) is 4.79 Å². The van der Waals surface area contributed by atoms with Crippen LogP contribution in [0.5, 0.6) is 0 Å². The Labute approximate surface area is 130 Å². The summed E-state index contributed by atoms with van der Waals surface area (Å²) in [6, 6.07) is 9.19. The van der Waals surface area contributed by atoms with E-state index in [2.05, 4.69) is 25.9 Å². The van der Waals surface area contributed by atoms with Crippen molar-refractivity contribution in [2.75, 3.05) is 5.32 Å². The van der Waals surface area contributed by atoms with Crippen molar-refractivity contribution in [3.05, 3.63) is 53.4 Å². The standard InChI is InChI=1S/C13H12ClN7O/c14-11-3-1-10(2-4-11)7-21-12(5-6-16-21)17-13(22)8-20-9-15-18-19-20/h1-6,9H,7-8H2,(H,17,22). The van der Waals surface area contributed by atoms with Crippen LogP contribution in [0.1, 0.15) is 5.56 Å². The van der Waals surface area contributed by atoms with Gasteiger partial charge in [-0.15, -0.1) is 5.10 Å². The molecule has 0 radical (unpaired) electrons. The monoisotopic (exact) mass is 317 g/mol. The molecule has 0 saturated carbocycles. The lowest BCUT2D eigenvalue weighted by Crippen LogP contribution is -2.21. The first-order valence-electron chi connectivity index (χ1n) is 6.47. The van der Waals surface area contributed by atoms with Gasteiger partial charge in [0.2, 0.25) is 5.91 Å². The maximum Gasteiger partial charge on any atom is 0.247 e. The highest BCUT2D eigenvalue weighted by molar-refractivity contribution is 6.30. The van der Waals surface area contributed by atoms with Gasteiger partial charge in [-0.25, -0.2) is 9.36 Å². The molecule has 1 N–H and O–H groups in total. The van der Waals surface area contributed by atoms with E-state index in [0.29, 0.717) is 17.4 Å². The molecule has 2 heterocycles. The smallest absolute Gasteiger partial charge is 0.247 e. The predicted octanol–water partition coefficient (Wildman–Crippen LogP) is 1.21. The molecule has 0 bridgehead atoms. The lowest BCUT2D eigenvalue weighted by molar-refractivity contribution is -0.117. The fourth-order valence-electron chi connectivity index (χ4n) is 1.91. The van der Waals surface area contributed by atoms with Gasteiger partial charge in [0, 0.05) is 11.1 Å². The largest absolute Gasteiger partial charge is 0.309 e. The average Bonchev–Trinajstić information content (AvgIpc) is 3.14. The number of benzene rings is 1. The topological polar surface area (TPSA) is 90.5 Å². The first-order chi connectivity index (χ1) is 10.7. The Morgan fingerprint density at radius 1 is 1.23 bits per heavy atom. The highest BCUT2D eigenvalue weighted by Crippen LogP contribution is 2.13. The molecule has 0 aliphatic heterocycles. The Balaban J connectivity index is 1.66. The molecular weight excluding hydrogens is 306 g/mol. The van der Waals surface area contributed by atoms with Gasteiger partial charge in [-0.05, 0) is 28.1 Å². The van der Waals surface area contributed by atoms with Gasteiger partial charge in [0.15, 0.2) is 0 Å². The number of aromatic nitrogens is 6. The molecule has 0 aliphatic rings. The lowest BCUT2D eigenvalue weighted by atomic mass is 10.2. The third kappa shape index (κ3) is 3.47. The summed E-state index contributed by atoms with van der Waals surface area (Å²) in [5, 5.41) is 18.3. The molecular formula is C13H12ClN7O. The normalized spacial score (nSPS) is 10.6. The number of carbonyl (C=O) groups is 1. The number of hydrogen-bond acceptors (Lipinski definition) is 5. The van der Waals surface area contributed by atoms with Crippen LogP contribution >= 0.6 is 11.6 Å². The number of halogens is 1. The van der Waals surface area contributed by atoms with E-state index in [-0.39, 0.29) is 12.5 Å². The average molecular weight is 318 g/mol. The van der Waals surface area contributed by atoms with Crippen molar-refractivity contribution in [2.24, 2.45) is 0 Å². The highest BCUT2D eigenvalue weighted by atomic mass is 35.5. The first kappa shape index (κ1) is 14.2. The fraction of sp³-hybridized carbons (Fsp3) is 0.154. The molecule has 1 aromatic carbocycles. The van der Waals surface area contributed by atoms with E-state index in [4.69, 9.17) is 11.6 Å². The van der Waals surface area contributed by atoms with E-state index in [0.717, 1.165) is 5.56 Å². The van der Waals surface area contributed by atoms with E-state index in [1.165, 1.54) is 11.0 Å². The Hall–Kier alpha value is -2.74. The van der Waals surface area contributed by atoms with Gasteiger partial charge in [-0.3, -0.25) is 4.79 Å². The van der Waals surface area contributed by atoms with Gasteiger partial charge in [0.05, 0.1) is 12.7 Å². The van der Waals surface area contributed by atoms with Crippen LogP contribution in [-0.4, -0.2) is 35.9 Å². The number of amides is 1. The van der Waals surface area contributed by atoms with Crippen molar-refractivity contribution in [1.82, 2.24) is 30.0 Å². The summed E-state index contributed by atoms with van der Waals surface area (Å²) >= 11 is 5.86. The van der Waals surface area contributed by atoms with Crippen molar-refractivity contribution in [2.45, 2.75) is 13.1 Å². The van der Waals surface area contributed by atoms with Crippen LogP contribution < -0.4 is 5.32 Å². The van der Waals surface area contributed by atoms with Gasteiger partial charge in [-0.1, -0.05) is 23.7 Å². The zero-order valence-electron chi connectivity index (χ0n) is 11.4. The summed E-state index contributed by atoms with van der Waals surface area (Å²) in [5.41, 5.74) is 1.03. The number of tetrazole rings is 1. The van der Waals surface area contributed by atoms with Crippen molar-refractivity contribution >= 4 is 23.3 Å². The number of rotatable bonds is 5. The minimum absolute atomic E-state index is 0.0408. The van der Waals surface area contributed by atoms with Gasteiger partial charge >= 0.3 is 0 Å². The summed E-state index contributed by atoms with van der Waals surface area (Å²) in [5.74, 6) is 0.373. The number of carbonyl (C=O) groups excluding carboxylic acids is 1. The van der Waals surface area contributed by atoms with Gasteiger partial charge in [-0.2, -0.15) is 5.10 Å². The van der Waals surface area contributed by atoms with Crippen LogP contribution in [0.2, 0.25) is 5.02 Å². The molecule has 2 aromatic heterocycles. The second kappa shape index (κ2) is 6.35. The Morgan fingerprint density at radius 2 is 2.05 bits per heavy atom. The van der Waals surface area contributed by atoms with Crippen molar-refractivity contribution < 1.29 is 4.79 Å². The first-order valence-corrected chi connectivity index (χ1v) is 6.85. The lowest BCUT2D eigenvalue weighted by Gasteiger charge is -2.09. The number of anilines is 1. The van der Waals surface area contributed by atoms with Crippen LogP contribution in [0.25, 0.3) is 0 Å². The molecule has 3 aromatic rings. The molecule has 1 amide bonds. The third-order valence-corrected chi connectivity index (χ3v) is 3.18.